The summed E-state index contributed by atoms with van der Waals surface area (Å²) in [6.07, 6.45) is 1.19. The quantitative estimate of drug-likeness (QED) is 0.736. The van der Waals surface area contributed by atoms with E-state index in [0.717, 1.165) is 24.5 Å². The minimum atomic E-state index is 0. The summed E-state index contributed by atoms with van der Waals surface area (Å²) < 4.78 is 5.10. The summed E-state index contributed by atoms with van der Waals surface area (Å²) in [4.78, 5) is 0. The molecular formula is C10H13N2OU-. The molecule has 0 bridgehead atoms. The summed E-state index contributed by atoms with van der Waals surface area (Å²) in [5, 5.41) is 2.10. The Labute approximate surface area is 108 Å². The largest absolute Gasteiger partial charge is 0.523 e. The fourth-order valence-electron chi connectivity index (χ4n) is 1.45. The van der Waals surface area contributed by atoms with Crippen LogP contribution < -0.4 is 15.2 Å². The van der Waals surface area contributed by atoms with Gasteiger partial charge < -0.3 is 9.75 Å². The van der Waals surface area contributed by atoms with Crippen LogP contribution in [0.3, 0.4) is 0 Å². The molecule has 1 aliphatic rings. The predicted molar refractivity (Wildman–Crippen MR) is 51.8 cm³/mol. The number of benzene rings is 1. The van der Waals surface area contributed by atoms with Gasteiger partial charge in [0, 0.05) is 50.0 Å². The Morgan fingerprint density at radius 2 is 2.36 bits per heavy atom. The first kappa shape index (κ1) is 11.9. The first-order valence-electron chi connectivity index (χ1n) is 4.47. The van der Waals surface area contributed by atoms with Crippen LogP contribution >= 0.6 is 0 Å². The first-order valence-corrected chi connectivity index (χ1v) is 4.47. The molecule has 0 amide bonds. The Bertz CT molecular complexity index is 287. The minimum absolute atomic E-state index is 0. The Morgan fingerprint density at radius 3 is 3.00 bits per heavy atom. The van der Waals surface area contributed by atoms with Crippen LogP contribution in [0.2, 0.25) is 0 Å². The average molecular weight is 415 g/mol. The average Bonchev–Trinajstić information content (AvgIpc) is 2.71. The van der Waals surface area contributed by atoms with E-state index in [1.54, 1.807) is 7.11 Å². The van der Waals surface area contributed by atoms with Crippen molar-refractivity contribution in [2.24, 2.45) is 0 Å². The maximum absolute atomic E-state index is 5.10. The second-order valence-electron chi connectivity index (χ2n) is 3.02. The van der Waals surface area contributed by atoms with Gasteiger partial charge in [-0.15, -0.1) is 18.2 Å². The molecule has 1 fully saturated rings. The number of nitrogens with one attached hydrogen (secondary N) is 1. The van der Waals surface area contributed by atoms with Gasteiger partial charge in [0.15, 0.2) is 0 Å². The third kappa shape index (κ3) is 2.66. The van der Waals surface area contributed by atoms with E-state index in [-0.39, 0.29) is 31.1 Å². The second kappa shape index (κ2) is 5.65. The van der Waals surface area contributed by atoms with Gasteiger partial charge in [0.05, 0.1) is 7.11 Å². The van der Waals surface area contributed by atoms with E-state index in [4.69, 9.17) is 4.74 Å². The number of rotatable bonds is 2. The molecule has 1 N–H and O–H groups in total. The molecule has 1 heterocycles. The molecule has 1 aliphatic heterocycles. The molecule has 0 saturated carbocycles. The first-order chi connectivity index (χ1) is 6.40. The van der Waals surface area contributed by atoms with Crippen molar-refractivity contribution < 1.29 is 35.9 Å². The number of hydrogen-bond donors (Lipinski definition) is 1. The molecule has 0 aromatic heterocycles. The fourth-order valence-corrected chi connectivity index (χ4v) is 1.45. The molecule has 74 valence electrons. The summed E-state index contributed by atoms with van der Waals surface area (Å²) in [7, 11) is 1.66. The van der Waals surface area contributed by atoms with Crippen LogP contribution in [0, 0.1) is 37.2 Å². The van der Waals surface area contributed by atoms with Crippen molar-refractivity contribution in [3.8, 4) is 5.75 Å². The Hall–Kier alpha value is -0.168. The molecule has 3 nitrogen and oxygen atoms in total. The van der Waals surface area contributed by atoms with Crippen molar-refractivity contribution in [2.45, 2.75) is 6.42 Å². The van der Waals surface area contributed by atoms with Gasteiger partial charge in [0.2, 0.25) is 0 Å². The van der Waals surface area contributed by atoms with Crippen LogP contribution in [0.1, 0.15) is 6.42 Å². The standard InChI is InChI=1S/C10H13N2O.U/c1-13-10-5-2-4-9(8-10)12-7-3-6-11-12;/h2,4-5,11H,3,6-7H2,1H3;/q-1;. The van der Waals surface area contributed by atoms with Crippen LogP contribution in [-0.2, 0) is 0 Å². The minimum Gasteiger partial charge on any atom is -0.523 e. The molecule has 4 heteroatoms. The van der Waals surface area contributed by atoms with Gasteiger partial charge in [0.1, 0.15) is 0 Å². The zero-order valence-corrected chi connectivity index (χ0v) is 12.4. The third-order valence-corrected chi connectivity index (χ3v) is 2.12. The summed E-state index contributed by atoms with van der Waals surface area (Å²) in [5.74, 6) is 0.784. The monoisotopic (exact) mass is 415 g/mol. The van der Waals surface area contributed by atoms with Crippen LogP contribution in [0.5, 0.6) is 5.75 Å². The molecule has 1 aromatic carbocycles. The number of nitrogens with zero attached hydrogens (tertiary/aromatic N) is 1. The smallest absolute Gasteiger partial charge is 0.0743 e. The van der Waals surface area contributed by atoms with Crippen LogP contribution in [-0.4, -0.2) is 20.2 Å². The van der Waals surface area contributed by atoms with Crippen LogP contribution in [0.4, 0.5) is 5.69 Å². The number of anilines is 1. The van der Waals surface area contributed by atoms with Crippen molar-refractivity contribution in [2.75, 3.05) is 25.2 Å². The van der Waals surface area contributed by atoms with Crippen molar-refractivity contribution in [1.29, 1.82) is 0 Å². The van der Waals surface area contributed by atoms with E-state index in [9.17, 15) is 0 Å². The van der Waals surface area contributed by atoms with Crippen LogP contribution in [0.25, 0.3) is 0 Å². The van der Waals surface area contributed by atoms with E-state index in [2.05, 4.69) is 16.5 Å². The molecule has 14 heavy (non-hydrogen) atoms. The molecule has 0 unspecified atom stereocenters. The molecule has 0 spiro atoms. The van der Waals surface area contributed by atoms with E-state index >= 15 is 0 Å². The molecule has 1 saturated heterocycles. The predicted octanol–water partition coefficient (Wildman–Crippen LogP) is 1.21. The van der Waals surface area contributed by atoms with Gasteiger partial charge in [-0.3, -0.25) is 0 Å². The molecule has 2 rings (SSSR count). The van der Waals surface area contributed by atoms with E-state index in [1.807, 2.05) is 18.2 Å². The summed E-state index contributed by atoms with van der Waals surface area (Å²) in [6.45, 7) is 2.09. The van der Waals surface area contributed by atoms with Gasteiger partial charge in [-0.25, -0.2) is 5.43 Å². The fraction of sp³-hybridized carbons (Fsp3) is 0.400. The van der Waals surface area contributed by atoms with E-state index < -0.39 is 0 Å². The van der Waals surface area contributed by atoms with Crippen molar-refractivity contribution in [3.63, 3.8) is 0 Å². The van der Waals surface area contributed by atoms with Gasteiger partial charge in [-0.05, 0) is 6.42 Å². The summed E-state index contributed by atoms with van der Waals surface area (Å²) in [6, 6.07) is 9.09. The Kier molecular flexibility index (Phi) is 4.80. The van der Waals surface area contributed by atoms with Crippen molar-refractivity contribution >= 4 is 5.69 Å². The molecule has 0 aliphatic carbocycles. The Balaban J connectivity index is 0.000000980. The van der Waals surface area contributed by atoms with Crippen LogP contribution in [0.15, 0.2) is 18.2 Å². The third-order valence-electron chi connectivity index (χ3n) is 2.12. The van der Waals surface area contributed by atoms with Crippen molar-refractivity contribution in [3.05, 3.63) is 24.3 Å². The van der Waals surface area contributed by atoms with Crippen molar-refractivity contribution in [1.82, 2.24) is 5.43 Å². The normalized spacial score (nSPS) is 15.1. The van der Waals surface area contributed by atoms with Gasteiger partial charge in [-0.1, -0.05) is 5.69 Å². The zero-order valence-electron chi connectivity index (χ0n) is 8.21. The Morgan fingerprint density at radius 1 is 1.50 bits per heavy atom. The SMILES string of the molecule is COc1[c-]c(N2CCCN2)ccc1.[U]. The molecule has 1 aromatic rings. The summed E-state index contributed by atoms with van der Waals surface area (Å²) >= 11 is 0. The molecule has 0 atom stereocenters. The second-order valence-corrected chi connectivity index (χ2v) is 3.02. The van der Waals surface area contributed by atoms with E-state index in [1.165, 1.54) is 6.42 Å². The van der Waals surface area contributed by atoms with E-state index in [0.29, 0.717) is 0 Å². The number of ether oxygens (including phenoxy) is 1. The summed E-state index contributed by atoms with van der Waals surface area (Å²) in [5.41, 5.74) is 4.32. The number of hydrogen-bond acceptors (Lipinski definition) is 3. The maximum Gasteiger partial charge on any atom is 0.0743 e. The zero-order chi connectivity index (χ0) is 9.10. The molecular weight excluding hydrogens is 402 g/mol. The maximum atomic E-state index is 5.10. The number of hydrazine groups is 1. The molecule has 0 radical (unpaired) electrons. The number of methoxy groups -OCH3 is 1. The van der Waals surface area contributed by atoms with Gasteiger partial charge in [-0.2, -0.15) is 6.07 Å². The van der Waals surface area contributed by atoms with Gasteiger partial charge >= 0.3 is 0 Å². The van der Waals surface area contributed by atoms with Gasteiger partial charge in [0.25, 0.3) is 0 Å². The topological polar surface area (TPSA) is 24.5 Å².